The number of carbonyl (C=O) groups is 1. The number of carbonyl (C=O) groups excluding carboxylic acids is 1. The van der Waals surface area contributed by atoms with E-state index in [0.717, 1.165) is 22.9 Å². The van der Waals surface area contributed by atoms with Crippen LogP contribution < -0.4 is 0 Å². The van der Waals surface area contributed by atoms with Crippen LogP contribution in [0.25, 0.3) is 10.8 Å². The van der Waals surface area contributed by atoms with E-state index < -0.39 is 0 Å². The normalized spacial score (nSPS) is 16.6. The molecule has 0 aliphatic carbocycles. The van der Waals surface area contributed by atoms with Gasteiger partial charge >= 0.3 is 0 Å². The lowest BCUT2D eigenvalue weighted by Gasteiger charge is -2.28. The van der Waals surface area contributed by atoms with Gasteiger partial charge < -0.3 is 9.64 Å². The number of benzene rings is 3. The van der Waals surface area contributed by atoms with E-state index in [2.05, 4.69) is 23.2 Å². The molecule has 4 aromatic rings. The summed E-state index contributed by atoms with van der Waals surface area (Å²) >= 11 is 0. The van der Waals surface area contributed by atoms with Crippen LogP contribution in [0.3, 0.4) is 0 Å². The first-order valence-electron chi connectivity index (χ1n) is 11.6. The molecule has 0 spiro atoms. The van der Waals surface area contributed by atoms with Crippen molar-refractivity contribution in [3.8, 4) is 0 Å². The molecule has 1 saturated heterocycles. The molecule has 166 valence electrons. The standard InChI is InChI=1S/C29H28N2O2/c32-29(28(25-7-3-1-4-8-25)26-9-5-2-6-10-26)31-15-16-33-21-23(20-31)17-22-11-12-24-13-14-30-19-27(24)18-22/h1-14,18-19,23,28H,15-17,20-21H2/t23-/m0/s1. The Kier molecular flexibility index (Phi) is 6.45. The van der Waals surface area contributed by atoms with Crippen molar-refractivity contribution >= 4 is 16.7 Å². The lowest BCUT2D eigenvalue weighted by atomic mass is 9.89. The van der Waals surface area contributed by atoms with Crippen molar-refractivity contribution in [2.24, 2.45) is 5.92 Å². The SMILES string of the molecule is O=C(C(c1ccccc1)c1ccccc1)N1CCOC[C@@H](Cc2ccc3ccncc3c2)C1. The highest BCUT2D eigenvalue weighted by atomic mass is 16.5. The number of rotatable bonds is 5. The van der Waals surface area contributed by atoms with Crippen LogP contribution in [0, 0.1) is 5.92 Å². The van der Waals surface area contributed by atoms with E-state index in [0.29, 0.717) is 26.3 Å². The molecular formula is C29H28N2O2. The average Bonchev–Trinajstić information content (AvgIpc) is 3.11. The Hall–Kier alpha value is -3.50. The third-order valence-corrected chi connectivity index (χ3v) is 6.39. The first kappa shape index (κ1) is 21.4. The minimum atomic E-state index is -0.308. The molecule has 4 heteroatoms. The van der Waals surface area contributed by atoms with Gasteiger partial charge in [0.1, 0.15) is 0 Å². The largest absolute Gasteiger partial charge is 0.379 e. The Morgan fingerprint density at radius 2 is 1.67 bits per heavy atom. The molecule has 0 bridgehead atoms. The Labute approximate surface area is 194 Å². The van der Waals surface area contributed by atoms with Gasteiger partial charge in [-0.25, -0.2) is 0 Å². The van der Waals surface area contributed by atoms with Crippen molar-refractivity contribution < 1.29 is 9.53 Å². The minimum absolute atomic E-state index is 0.144. The Balaban J connectivity index is 1.38. The topological polar surface area (TPSA) is 42.4 Å². The number of amides is 1. The summed E-state index contributed by atoms with van der Waals surface area (Å²) in [4.78, 5) is 20.1. The maximum absolute atomic E-state index is 13.9. The van der Waals surface area contributed by atoms with Crippen molar-refractivity contribution in [2.75, 3.05) is 26.3 Å². The van der Waals surface area contributed by atoms with Crippen LogP contribution >= 0.6 is 0 Å². The highest BCUT2D eigenvalue weighted by Gasteiger charge is 2.30. The van der Waals surface area contributed by atoms with E-state index in [1.807, 2.05) is 84.0 Å². The molecule has 2 heterocycles. The molecule has 33 heavy (non-hydrogen) atoms. The molecule has 0 unspecified atom stereocenters. The van der Waals surface area contributed by atoms with Crippen molar-refractivity contribution in [3.05, 3.63) is 114 Å². The van der Waals surface area contributed by atoms with E-state index in [1.165, 1.54) is 10.9 Å². The fraction of sp³-hybridized carbons (Fsp3) is 0.241. The van der Waals surface area contributed by atoms with Gasteiger partial charge in [-0.15, -0.1) is 0 Å². The molecule has 1 amide bonds. The Bertz CT molecular complexity index is 1170. The van der Waals surface area contributed by atoms with Crippen molar-refractivity contribution in [1.29, 1.82) is 0 Å². The lowest BCUT2D eigenvalue weighted by molar-refractivity contribution is -0.132. The summed E-state index contributed by atoms with van der Waals surface area (Å²) in [7, 11) is 0. The fourth-order valence-corrected chi connectivity index (χ4v) is 4.75. The average molecular weight is 437 g/mol. The molecule has 1 fully saturated rings. The summed E-state index contributed by atoms with van der Waals surface area (Å²) in [6.07, 6.45) is 4.60. The van der Waals surface area contributed by atoms with Gasteiger partial charge in [-0.1, -0.05) is 72.8 Å². The zero-order chi connectivity index (χ0) is 22.5. The van der Waals surface area contributed by atoms with Crippen LogP contribution in [0.15, 0.2) is 97.3 Å². The number of aromatic nitrogens is 1. The van der Waals surface area contributed by atoms with Gasteiger partial charge in [-0.3, -0.25) is 9.78 Å². The van der Waals surface area contributed by atoms with Crippen LogP contribution in [0.5, 0.6) is 0 Å². The first-order valence-corrected chi connectivity index (χ1v) is 11.6. The maximum atomic E-state index is 13.9. The zero-order valence-corrected chi connectivity index (χ0v) is 18.6. The van der Waals surface area contributed by atoms with Gasteiger partial charge in [-0.2, -0.15) is 0 Å². The molecule has 1 aliphatic rings. The summed E-state index contributed by atoms with van der Waals surface area (Å²) in [5, 5.41) is 2.34. The summed E-state index contributed by atoms with van der Waals surface area (Å²) in [5.74, 6) is 0.0845. The van der Waals surface area contributed by atoms with Crippen molar-refractivity contribution in [3.63, 3.8) is 0 Å². The van der Waals surface area contributed by atoms with Crippen LogP contribution in [0.2, 0.25) is 0 Å². The van der Waals surface area contributed by atoms with Crippen LogP contribution in [0.4, 0.5) is 0 Å². The first-order chi connectivity index (χ1) is 16.3. The quantitative estimate of drug-likeness (QED) is 0.438. The van der Waals surface area contributed by atoms with Gasteiger partial charge in [0.2, 0.25) is 5.91 Å². The summed E-state index contributed by atoms with van der Waals surface area (Å²) in [6.45, 7) is 2.55. The van der Waals surface area contributed by atoms with Gasteiger partial charge in [0, 0.05) is 36.8 Å². The predicted octanol–water partition coefficient (Wildman–Crippen LogP) is 5.08. The third-order valence-electron chi connectivity index (χ3n) is 6.39. The van der Waals surface area contributed by atoms with Crippen LogP contribution in [-0.4, -0.2) is 42.1 Å². The molecule has 3 aromatic carbocycles. The summed E-state index contributed by atoms with van der Waals surface area (Å²) < 4.78 is 5.93. The lowest BCUT2D eigenvalue weighted by Crippen LogP contribution is -2.39. The van der Waals surface area contributed by atoms with Gasteiger partial charge in [0.25, 0.3) is 0 Å². The van der Waals surface area contributed by atoms with Crippen LogP contribution in [-0.2, 0) is 16.0 Å². The second-order valence-electron chi connectivity index (χ2n) is 8.74. The number of nitrogens with zero attached hydrogens (tertiary/aromatic N) is 2. The van der Waals surface area contributed by atoms with Crippen molar-refractivity contribution in [2.45, 2.75) is 12.3 Å². The highest BCUT2D eigenvalue weighted by Crippen LogP contribution is 2.28. The number of pyridine rings is 1. The maximum Gasteiger partial charge on any atom is 0.234 e. The van der Waals surface area contributed by atoms with E-state index in [1.54, 1.807) is 0 Å². The van der Waals surface area contributed by atoms with E-state index in [9.17, 15) is 4.79 Å². The molecule has 1 atom stereocenters. The molecule has 1 aliphatic heterocycles. The predicted molar refractivity (Wildman–Crippen MR) is 131 cm³/mol. The van der Waals surface area contributed by atoms with Crippen molar-refractivity contribution in [1.82, 2.24) is 9.88 Å². The second-order valence-corrected chi connectivity index (χ2v) is 8.74. The zero-order valence-electron chi connectivity index (χ0n) is 18.6. The second kappa shape index (κ2) is 9.97. The van der Waals surface area contributed by atoms with E-state index in [4.69, 9.17) is 4.74 Å². The molecule has 0 radical (unpaired) electrons. The number of hydrogen-bond acceptors (Lipinski definition) is 3. The Morgan fingerprint density at radius 3 is 2.39 bits per heavy atom. The summed E-state index contributed by atoms with van der Waals surface area (Å²) in [6, 6.07) is 28.7. The molecule has 4 nitrogen and oxygen atoms in total. The molecule has 1 aromatic heterocycles. The smallest absolute Gasteiger partial charge is 0.234 e. The van der Waals surface area contributed by atoms with Gasteiger partial charge in [-0.05, 0) is 40.6 Å². The van der Waals surface area contributed by atoms with E-state index >= 15 is 0 Å². The minimum Gasteiger partial charge on any atom is -0.379 e. The Morgan fingerprint density at radius 1 is 0.939 bits per heavy atom. The third kappa shape index (κ3) is 4.96. The number of hydrogen-bond donors (Lipinski definition) is 0. The highest BCUT2D eigenvalue weighted by molar-refractivity contribution is 5.87. The monoisotopic (exact) mass is 436 g/mol. The molecular weight excluding hydrogens is 408 g/mol. The molecule has 0 N–H and O–H groups in total. The fourth-order valence-electron chi connectivity index (χ4n) is 4.75. The number of fused-ring (bicyclic) bond motifs is 1. The molecule has 0 saturated carbocycles. The van der Waals surface area contributed by atoms with Crippen LogP contribution in [0.1, 0.15) is 22.6 Å². The van der Waals surface area contributed by atoms with Gasteiger partial charge in [0.05, 0.1) is 19.1 Å². The molecule has 5 rings (SSSR count). The van der Waals surface area contributed by atoms with E-state index in [-0.39, 0.29) is 17.7 Å². The van der Waals surface area contributed by atoms with Gasteiger partial charge in [0.15, 0.2) is 0 Å². The summed E-state index contributed by atoms with van der Waals surface area (Å²) in [5.41, 5.74) is 3.30. The number of ether oxygens (including phenoxy) is 1.